The van der Waals surface area contributed by atoms with Crippen LogP contribution in [0.3, 0.4) is 0 Å². The average Bonchev–Trinajstić information content (AvgIpc) is 3.26. The normalized spacial score (nSPS) is 12.4. The van der Waals surface area contributed by atoms with E-state index in [-0.39, 0.29) is 18.3 Å². The smallest absolute Gasteiger partial charge is 0.231 e. The summed E-state index contributed by atoms with van der Waals surface area (Å²) in [6.07, 6.45) is 3.42. The molecule has 0 spiro atoms. The van der Waals surface area contributed by atoms with Crippen LogP contribution in [-0.2, 0) is 7.05 Å². The van der Waals surface area contributed by atoms with Crippen LogP contribution in [0.4, 0.5) is 0 Å². The van der Waals surface area contributed by atoms with Gasteiger partial charge >= 0.3 is 0 Å². The Bertz CT molecular complexity index is 927. The summed E-state index contributed by atoms with van der Waals surface area (Å²) >= 11 is 1.35. The van der Waals surface area contributed by atoms with E-state index >= 15 is 0 Å². The predicted molar refractivity (Wildman–Crippen MR) is 91.9 cm³/mol. The first-order valence-electron chi connectivity index (χ1n) is 7.58. The number of rotatable bonds is 5. The maximum atomic E-state index is 12.4. The highest BCUT2D eigenvalue weighted by Gasteiger charge is 2.18. The quantitative estimate of drug-likeness (QED) is 0.515. The fraction of sp³-hybridized carbons (Fsp3) is 0.176. The number of aromatic nitrogens is 4. The topological polar surface area (TPSA) is 79.1 Å². The number of thioether (sulfide) groups is 1. The first kappa shape index (κ1) is 15.6. The number of carbonyl (C=O) groups excluding carboxylic acids is 1. The van der Waals surface area contributed by atoms with Crippen molar-refractivity contribution >= 4 is 17.5 Å². The molecule has 0 aliphatic carbocycles. The van der Waals surface area contributed by atoms with E-state index in [0.29, 0.717) is 22.2 Å². The van der Waals surface area contributed by atoms with Crippen molar-refractivity contribution in [2.24, 2.45) is 7.05 Å². The second-order valence-electron chi connectivity index (χ2n) is 5.38. The van der Waals surface area contributed by atoms with Crippen molar-refractivity contribution < 1.29 is 14.3 Å². The Morgan fingerprint density at radius 3 is 2.80 bits per heavy atom. The second kappa shape index (κ2) is 6.56. The van der Waals surface area contributed by atoms with Gasteiger partial charge in [0.1, 0.15) is 0 Å². The highest BCUT2D eigenvalue weighted by molar-refractivity contribution is 7.99. The van der Waals surface area contributed by atoms with Crippen LogP contribution in [0.1, 0.15) is 10.4 Å². The zero-order valence-corrected chi connectivity index (χ0v) is 14.2. The van der Waals surface area contributed by atoms with E-state index in [1.807, 2.05) is 23.7 Å². The maximum Gasteiger partial charge on any atom is 0.231 e. The lowest BCUT2D eigenvalue weighted by atomic mass is 10.1. The Labute approximate surface area is 148 Å². The Morgan fingerprint density at radius 2 is 1.96 bits per heavy atom. The molecule has 3 heterocycles. The molecule has 8 heteroatoms. The summed E-state index contributed by atoms with van der Waals surface area (Å²) in [7, 11) is 1.88. The van der Waals surface area contributed by atoms with E-state index in [1.165, 1.54) is 11.8 Å². The van der Waals surface area contributed by atoms with Gasteiger partial charge in [-0.2, -0.15) is 0 Å². The lowest BCUT2D eigenvalue weighted by Gasteiger charge is -2.04. The molecular formula is C17H14N4O3S. The summed E-state index contributed by atoms with van der Waals surface area (Å²) in [6.45, 7) is 0.193. The molecule has 1 aliphatic heterocycles. The van der Waals surface area contributed by atoms with Crippen molar-refractivity contribution in [1.82, 2.24) is 19.7 Å². The Hall–Kier alpha value is -2.87. The molecule has 25 heavy (non-hydrogen) atoms. The molecule has 2 aromatic heterocycles. The van der Waals surface area contributed by atoms with Crippen LogP contribution in [0, 0.1) is 0 Å². The summed E-state index contributed by atoms with van der Waals surface area (Å²) in [5.74, 6) is 2.27. The molecule has 0 N–H and O–H groups in total. The average molecular weight is 354 g/mol. The van der Waals surface area contributed by atoms with Gasteiger partial charge in [-0.1, -0.05) is 11.8 Å². The summed E-state index contributed by atoms with van der Waals surface area (Å²) in [4.78, 5) is 16.4. The summed E-state index contributed by atoms with van der Waals surface area (Å²) in [6, 6.07) is 8.95. The van der Waals surface area contributed by atoms with E-state index in [0.717, 1.165) is 11.4 Å². The molecule has 1 aromatic carbocycles. The molecule has 0 bridgehead atoms. The van der Waals surface area contributed by atoms with Crippen molar-refractivity contribution in [1.29, 1.82) is 0 Å². The van der Waals surface area contributed by atoms with E-state index < -0.39 is 0 Å². The van der Waals surface area contributed by atoms with Crippen LogP contribution < -0.4 is 9.47 Å². The number of benzene rings is 1. The van der Waals surface area contributed by atoms with E-state index in [2.05, 4.69) is 15.2 Å². The number of hydrogen-bond donors (Lipinski definition) is 0. The Morgan fingerprint density at radius 1 is 1.16 bits per heavy atom. The van der Waals surface area contributed by atoms with Gasteiger partial charge in [-0.25, -0.2) is 0 Å². The number of nitrogens with zero attached hydrogens (tertiary/aromatic N) is 4. The van der Waals surface area contributed by atoms with E-state index in [1.54, 1.807) is 30.6 Å². The SMILES string of the molecule is Cn1c(SCC(=O)c2ccc3c(c2)OCO3)nnc1-c1ccncc1. The van der Waals surface area contributed by atoms with Crippen molar-refractivity contribution in [3.05, 3.63) is 48.3 Å². The summed E-state index contributed by atoms with van der Waals surface area (Å²) < 4.78 is 12.4. The summed E-state index contributed by atoms with van der Waals surface area (Å²) in [5, 5.41) is 9.06. The number of pyridine rings is 1. The monoisotopic (exact) mass is 354 g/mol. The van der Waals surface area contributed by atoms with Crippen molar-refractivity contribution in [3.63, 3.8) is 0 Å². The van der Waals surface area contributed by atoms with Gasteiger partial charge in [-0.15, -0.1) is 10.2 Å². The Kier molecular flexibility index (Phi) is 4.10. The molecule has 0 radical (unpaired) electrons. The van der Waals surface area contributed by atoms with Crippen LogP contribution in [0.5, 0.6) is 11.5 Å². The molecule has 3 aromatic rings. The number of Topliss-reactive ketones (excluding diaryl/α,β-unsaturated/α-hetero) is 1. The number of carbonyl (C=O) groups is 1. The number of fused-ring (bicyclic) bond motifs is 1. The molecule has 126 valence electrons. The molecule has 1 aliphatic rings. The van der Waals surface area contributed by atoms with Gasteiger partial charge in [0.25, 0.3) is 0 Å². The van der Waals surface area contributed by atoms with Crippen LogP contribution >= 0.6 is 11.8 Å². The fourth-order valence-electron chi connectivity index (χ4n) is 2.48. The van der Waals surface area contributed by atoms with Gasteiger partial charge in [0.2, 0.25) is 6.79 Å². The van der Waals surface area contributed by atoms with Gasteiger partial charge in [-0.3, -0.25) is 9.78 Å². The Balaban J connectivity index is 1.47. The van der Waals surface area contributed by atoms with Crippen LogP contribution in [0.25, 0.3) is 11.4 Å². The molecule has 7 nitrogen and oxygen atoms in total. The third kappa shape index (κ3) is 3.08. The van der Waals surface area contributed by atoms with Crippen LogP contribution in [-0.4, -0.2) is 38.1 Å². The first-order valence-corrected chi connectivity index (χ1v) is 8.56. The largest absolute Gasteiger partial charge is 0.454 e. The molecule has 0 unspecified atom stereocenters. The van der Waals surface area contributed by atoms with E-state index in [4.69, 9.17) is 9.47 Å². The molecule has 0 saturated heterocycles. The molecule has 0 fully saturated rings. The molecule has 4 rings (SSSR count). The van der Waals surface area contributed by atoms with Crippen molar-refractivity contribution in [3.8, 4) is 22.9 Å². The van der Waals surface area contributed by atoms with Crippen LogP contribution in [0.2, 0.25) is 0 Å². The van der Waals surface area contributed by atoms with Gasteiger partial charge in [-0.05, 0) is 30.3 Å². The minimum absolute atomic E-state index is 0.00300. The molecule has 0 atom stereocenters. The first-order chi connectivity index (χ1) is 12.2. The number of ketones is 1. The second-order valence-corrected chi connectivity index (χ2v) is 6.32. The minimum Gasteiger partial charge on any atom is -0.454 e. The highest BCUT2D eigenvalue weighted by atomic mass is 32.2. The molecule has 0 amide bonds. The maximum absolute atomic E-state index is 12.4. The number of ether oxygens (including phenoxy) is 2. The van der Waals surface area contributed by atoms with E-state index in [9.17, 15) is 4.79 Å². The highest BCUT2D eigenvalue weighted by Crippen LogP contribution is 2.33. The van der Waals surface area contributed by atoms with Gasteiger partial charge in [0.15, 0.2) is 28.3 Å². The van der Waals surface area contributed by atoms with Crippen LogP contribution in [0.15, 0.2) is 47.9 Å². The molecule has 0 saturated carbocycles. The van der Waals surface area contributed by atoms with Gasteiger partial charge < -0.3 is 14.0 Å². The predicted octanol–water partition coefficient (Wildman–Crippen LogP) is 2.58. The van der Waals surface area contributed by atoms with Crippen molar-refractivity contribution in [2.75, 3.05) is 12.5 Å². The zero-order chi connectivity index (χ0) is 17.2. The lowest BCUT2D eigenvalue weighted by molar-refractivity contribution is 0.102. The third-order valence-corrected chi connectivity index (χ3v) is 4.82. The van der Waals surface area contributed by atoms with Crippen molar-refractivity contribution in [2.45, 2.75) is 5.16 Å². The number of hydrogen-bond acceptors (Lipinski definition) is 7. The van der Waals surface area contributed by atoms with Gasteiger partial charge in [0.05, 0.1) is 5.75 Å². The molecular weight excluding hydrogens is 340 g/mol. The standard InChI is InChI=1S/C17H14N4O3S/c1-21-16(11-4-6-18-7-5-11)19-20-17(21)25-9-13(22)12-2-3-14-15(8-12)24-10-23-14/h2-8H,9-10H2,1H3. The third-order valence-electron chi connectivity index (χ3n) is 3.80. The lowest BCUT2D eigenvalue weighted by Crippen LogP contribution is -2.04. The fourth-order valence-corrected chi connectivity index (χ4v) is 3.28. The zero-order valence-electron chi connectivity index (χ0n) is 13.4. The summed E-state index contributed by atoms with van der Waals surface area (Å²) in [5.41, 5.74) is 1.52. The minimum atomic E-state index is -0.00300. The van der Waals surface area contributed by atoms with Gasteiger partial charge in [0, 0.05) is 30.6 Å².